The number of hydrogen-bond acceptors (Lipinski definition) is 2. The van der Waals surface area contributed by atoms with Crippen LogP contribution in [0.25, 0.3) is 0 Å². The van der Waals surface area contributed by atoms with E-state index in [2.05, 4.69) is 0 Å². The Labute approximate surface area is 96.7 Å². The third kappa shape index (κ3) is 3.97. The molecule has 1 aromatic rings. The van der Waals surface area contributed by atoms with Gasteiger partial charge in [-0.05, 0) is 25.3 Å². The van der Waals surface area contributed by atoms with Gasteiger partial charge in [0.15, 0.2) is 5.78 Å². The van der Waals surface area contributed by atoms with E-state index < -0.39 is 0 Å². The summed E-state index contributed by atoms with van der Waals surface area (Å²) in [6.07, 6.45) is 2.97. The third-order valence-electron chi connectivity index (χ3n) is 2.58. The zero-order valence-corrected chi connectivity index (χ0v) is 9.95. The van der Waals surface area contributed by atoms with Gasteiger partial charge in [-0.1, -0.05) is 31.2 Å². The Hall–Kier alpha value is -1.44. The molecule has 0 aliphatic rings. The summed E-state index contributed by atoms with van der Waals surface area (Å²) in [7, 11) is 0. The summed E-state index contributed by atoms with van der Waals surface area (Å²) in [5.41, 5.74) is 1.85. The van der Waals surface area contributed by atoms with Crippen molar-refractivity contribution in [3.63, 3.8) is 0 Å². The lowest BCUT2D eigenvalue weighted by Crippen LogP contribution is -1.99. The first-order valence-corrected chi connectivity index (χ1v) is 5.75. The molecule has 1 rings (SSSR count). The van der Waals surface area contributed by atoms with E-state index in [9.17, 15) is 9.59 Å². The van der Waals surface area contributed by atoms with Crippen molar-refractivity contribution in [3.8, 4) is 0 Å². The van der Waals surface area contributed by atoms with Crippen LogP contribution >= 0.6 is 0 Å². The van der Waals surface area contributed by atoms with Crippen molar-refractivity contribution in [2.75, 3.05) is 0 Å². The van der Waals surface area contributed by atoms with E-state index >= 15 is 0 Å². The van der Waals surface area contributed by atoms with Gasteiger partial charge in [0.2, 0.25) is 0 Å². The highest BCUT2D eigenvalue weighted by Crippen LogP contribution is 2.08. The lowest BCUT2D eigenvalue weighted by atomic mass is 10.0. The third-order valence-corrected chi connectivity index (χ3v) is 2.58. The van der Waals surface area contributed by atoms with Gasteiger partial charge < -0.3 is 0 Å². The average Bonchev–Trinajstić information content (AvgIpc) is 2.27. The molecule has 1 aromatic carbocycles. The first-order chi connectivity index (χ1) is 7.63. The van der Waals surface area contributed by atoms with Crippen LogP contribution in [-0.2, 0) is 11.2 Å². The Kier molecular flexibility index (Phi) is 4.90. The largest absolute Gasteiger partial charge is 0.300 e. The molecule has 2 heteroatoms. The van der Waals surface area contributed by atoms with Crippen LogP contribution in [-0.4, -0.2) is 11.6 Å². The molecule has 0 amide bonds. The molecule has 0 saturated carbocycles. The number of hydrogen-bond donors (Lipinski definition) is 0. The molecule has 0 aliphatic carbocycles. The van der Waals surface area contributed by atoms with Crippen molar-refractivity contribution in [1.82, 2.24) is 0 Å². The molecule has 2 nitrogen and oxygen atoms in total. The van der Waals surface area contributed by atoms with E-state index in [1.807, 2.05) is 31.2 Å². The first-order valence-electron chi connectivity index (χ1n) is 5.75. The van der Waals surface area contributed by atoms with Crippen LogP contribution in [0.5, 0.6) is 0 Å². The lowest BCUT2D eigenvalue weighted by Gasteiger charge is -2.01. The summed E-state index contributed by atoms with van der Waals surface area (Å²) >= 11 is 0. The molecule has 0 N–H and O–H groups in total. The average molecular weight is 218 g/mol. The van der Waals surface area contributed by atoms with Crippen molar-refractivity contribution >= 4 is 11.6 Å². The molecule has 0 saturated heterocycles. The van der Waals surface area contributed by atoms with E-state index in [1.165, 1.54) is 0 Å². The maximum absolute atomic E-state index is 11.3. The van der Waals surface area contributed by atoms with Crippen LogP contribution in [0.4, 0.5) is 0 Å². The topological polar surface area (TPSA) is 34.1 Å². The van der Waals surface area contributed by atoms with Crippen LogP contribution < -0.4 is 0 Å². The van der Waals surface area contributed by atoms with Crippen molar-refractivity contribution in [3.05, 3.63) is 35.4 Å². The minimum atomic E-state index is 0.0774. The summed E-state index contributed by atoms with van der Waals surface area (Å²) in [6.45, 7) is 3.57. The van der Waals surface area contributed by atoms with E-state index in [0.29, 0.717) is 18.6 Å². The van der Waals surface area contributed by atoms with E-state index in [-0.39, 0.29) is 5.78 Å². The minimum Gasteiger partial charge on any atom is -0.300 e. The summed E-state index contributed by atoms with van der Waals surface area (Å²) in [4.78, 5) is 22.4. The Morgan fingerprint density at radius 1 is 1.06 bits per heavy atom. The maximum atomic E-state index is 11.3. The molecule has 0 atom stereocenters. The van der Waals surface area contributed by atoms with Gasteiger partial charge in [0, 0.05) is 18.4 Å². The minimum absolute atomic E-state index is 0.0774. The highest BCUT2D eigenvalue weighted by atomic mass is 16.1. The smallest absolute Gasteiger partial charge is 0.159 e. The SMILES string of the molecule is CCCC(=O)CCc1ccc(C(C)=O)cc1. The Bertz CT molecular complexity index is 363. The normalized spacial score (nSPS) is 10.1. The number of aryl methyl sites for hydroxylation is 1. The number of rotatable bonds is 6. The van der Waals surface area contributed by atoms with E-state index in [1.54, 1.807) is 6.92 Å². The monoisotopic (exact) mass is 218 g/mol. The van der Waals surface area contributed by atoms with Crippen molar-refractivity contribution in [2.45, 2.75) is 39.5 Å². The molecule has 0 fully saturated rings. The van der Waals surface area contributed by atoms with Crippen molar-refractivity contribution in [2.24, 2.45) is 0 Å². The summed E-state index contributed by atoms with van der Waals surface area (Å²) in [5, 5.41) is 0. The first kappa shape index (κ1) is 12.6. The summed E-state index contributed by atoms with van der Waals surface area (Å²) < 4.78 is 0. The predicted molar refractivity (Wildman–Crippen MR) is 64.7 cm³/mol. The van der Waals surface area contributed by atoms with Gasteiger partial charge in [0.05, 0.1) is 0 Å². The summed E-state index contributed by atoms with van der Waals surface area (Å²) in [6, 6.07) is 7.50. The van der Waals surface area contributed by atoms with Gasteiger partial charge in [-0.2, -0.15) is 0 Å². The van der Waals surface area contributed by atoms with Gasteiger partial charge in [-0.3, -0.25) is 9.59 Å². The molecular formula is C14H18O2. The van der Waals surface area contributed by atoms with Crippen LogP contribution in [0.2, 0.25) is 0 Å². The Morgan fingerprint density at radius 2 is 1.69 bits per heavy atom. The van der Waals surface area contributed by atoms with Gasteiger partial charge in [0.25, 0.3) is 0 Å². The molecule has 0 spiro atoms. The quantitative estimate of drug-likeness (QED) is 0.687. The van der Waals surface area contributed by atoms with Crippen LogP contribution in [0.3, 0.4) is 0 Å². The highest BCUT2D eigenvalue weighted by molar-refractivity contribution is 5.94. The van der Waals surface area contributed by atoms with Gasteiger partial charge >= 0.3 is 0 Å². The number of Topliss-reactive ketones (excluding diaryl/α,β-unsaturated/α-hetero) is 2. The fraction of sp³-hybridized carbons (Fsp3) is 0.429. The van der Waals surface area contributed by atoms with Gasteiger partial charge in [0.1, 0.15) is 5.78 Å². The second-order valence-corrected chi connectivity index (χ2v) is 4.04. The fourth-order valence-electron chi connectivity index (χ4n) is 1.59. The van der Waals surface area contributed by atoms with Crippen LogP contribution in [0.1, 0.15) is 49.0 Å². The number of carbonyl (C=O) groups excluding carboxylic acids is 2. The molecule has 0 bridgehead atoms. The molecule has 0 heterocycles. The van der Waals surface area contributed by atoms with E-state index in [4.69, 9.17) is 0 Å². The Morgan fingerprint density at radius 3 is 2.19 bits per heavy atom. The van der Waals surface area contributed by atoms with Crippen LogP contribution in [0, 0.1) is 0 Å². The molecule has 0 radical (unpaired) electrons. The molecule has 0 aromatic heterocycles. The number of ketones is 2. The zero-order chi connectivity index (χ0) is 12.0. The van der Waals surface area contributed by atoms with Gasteiger partial charge in [-0.15, -0.1) is 0 Å². The van der Waals surface area contributed by atoms with Crippen LogP contribution in [0.15, 0.2) is 24.3 Å². The van der Waals surface area contributed by atoms with E-state index in [0.717, 1.165) is 24.0 Å². The molecular weight excluding hydrogens is 200 g/mol. The molecule has 0 aliphatic heterocycles. The second-order valence-electron chi connectivity index (χ2n) is 4.04. The Balaban J connectivity index is 2.49. The van der Waals surface area contributed by atoms with Crippen molar-refractivity contribution in [1.29, 1.82) is 0 Å². The summed E-state index contributed by atoms with van der Waals surface area (Å²) in [5.74, 6) is 0.395. The second kappa shape index (κ2) is 6.21. The zero-order valence-electron chi connectivity index (χ0n) is 9.95. The van der Waals surface area contributed by atoms with Crippen molar-refractivity contribution < 1.29 is 9.59 Å². The highest BCUT2D eigenvalue weighted by Gasteiger charge is 2.02. The van der Waals surface area contributed by atoms with Gasteiger partial charge in [-0.25, -0.2) is 0 Å². The maximum Gasteiger partial charge on any atom is 0.159 e. The molecule has 16 heavy (non-hydrogen) atoms. The number of benzene rings is 1. The molecule has 0 unspecified atom stereocenters. The lowest BCUT2D eigenvalue weighted by molar-refractivity contribution is -0.119. The number of carbonyl (C=O) groups is 2. The molecule has 86 valence electrons. The predicted octanol–water partition coefficient (Wildman–Crippen LogP) is 3.19. The standard InChI is InChI=1S/C14H18O2/c1-3-4-14(16)10-7-12-5-8-13(9-6-12)11(2)15/h5-6,8-9H,3-4,7,10H2,1-2H3. The fourth-order valence-corrected chi connectivity index (χ4v) is 1.59.